The summed E-state index contributed by atoms with van der Waals surface area (Å²) < 4.78 is 46.2. The molecule has 0 N–H and O–H groups in total. The Morgan fingerprint density at radius 2 is 0.812 bits per heavy atom. The van der Waals surface area contributed by atoms with Gasteiger partial charge < -0.3 is 9.13 Å². The largest absolute Gasteiger partial charge is 0.309 e. The lowest BCUT2D eigenvalue weighted by atomic mass is 9.98. The predicted octanol–water partition coefficient (Wildman–Crippen LogP) is 12.4. The fraction of sp³-hybridized carbons (Fsp3) is 0. The van der Waals surface area contributed by atoms with E-state index < -0.39 is 6.04 Å². The molecular weight excluding hydrogens is 581 g/mol. The summed E-state index contributed by atoms with van der Waals surface area (Å²) in [5, 5.41) is 6.75. The van der Waals surface area contributed by atoms with E-state index in [-0.39, 0.29) is 29.9 Å². The number of fused-ring (bicyclic) bond motifs is 7. The Labute approximate surface area is 285 Å². The van der Waals surface area contributed by atoms with Crippen LogP contribution in [0.4, 0.5) is 0 Å². The third kappa shape index (κ3) is 4.13. The lowest BCUT2D eigenvalue weighted by molar-refractivity contribution is 1.18. The highest BCUT2D eigenvalue weighted by Crippen LogP contribution is 2.38. The van der Waals surface area contributed by atoms with Gasteiger partial charge >= 0.3 is 0 Å². The summed E-state index contributed by atoms with van der Waals surface area (Å²) in [6.45, 7) is 0. The van der Waals surface area contributed by atoms with Gasteiger partial charge in [-0.1, -0.05) is 121 Å². The van der Waals surface area contributed by atoms with Crippen molar-refractivity contribution >= 4 is 54.4 Å². The van der Waals surface area contributed by atoms with Crippen molar-refractivity contribution < 1.29 is 6.85 Å². The lowest BCUT2D eigenvalue weighted by Crippen LogP contribution is -1.93. The van der Waals surface area contributed by atoms with Crippen LogP contribution in [0, 0.1) is 0 Å². The van der Waals surface area contributed by atoms with E-state index in [9.17, 15) is 0 Å². The molecule has 0 aliphatic heterocycles. The number of hydrogen-bond acceptors (Lipinski definition) is 0. The standard InChI is InChI=1S/C46H30N2/c1-2-12-37(13-3-1)47-43-16-8-6-14-39(43)41-29-35(23-26-45(41)47)32-18-20-33(21-19-32)36-24-27-46-42(30-36)40-15-7-9-17-44(40)48(46)38-25-22-31-10-4-5-11-34(31)28-38/h1-30H/i1D,2D,3D,12D,13D. The molecule has 0 unspecified atom stereocenters. The van der Waals surface area contributed by atoms with Crippen LogP contribution in [0.2, 0.25) is 0 Å². The predicted molar refractivity (Wildman–Crippen MR) is 203 cm³/mol. The first-order chi connectivity index (χ1) is 25.9. The second-order valence-corrected chi connectivity index (χ2v) is 12.3. The minimum Gasteiger partial charge on any atom is -0.309 e. The Bertz CT molecular complexity index is 3090. The number of benzene rings is 8. The lowest BCUT2D eigenvalue weighted by Gasteiger charge is -2.10. The molecular formula is C46H30N2. The zero-order valence-electron chi connectivity index (χ0n) is 30.8. The molecule has 0 aliphatic carbocycles. The zero-order chi connectivity index (χ0) is 36.0. The van der Waals surface area contributed by atoms with E-state index >= 15 is 0 Å². The average Bonchev–Trinajstić information content (AvgIpc) is 3.71. The molecule has 0 radical (unpaired) electrons. The highest BCUT2D eigenvalue weighted by Gasteiger charge is 2.15. The third-order valence-electron chi connectivity index (χ3n) is 9.60. The molecule has 224 valence electrons. The third-order valence-corrected chi connectivity index (χ3v) is 9.60. The van der Waals surface area contributed by atoms with Crippen LogP contribution < -0.4 is 0 Å². The molecule has 0 spiro atoms. The second-order valence-electron chi connectivity index (χ2n) is 12.3. The summed E-state index contributed by atoms with van der Waals surface area (Å²) >= 11 is 0. The van der Waals surface area contributed by atoms with Gasteiger partial charge in [-0.25, -0.2) is 0 Å². The van der Waals surface area contributed by atoms with Crippen LogP contribution in [-0.4, -0.2) is 9.13 Å². The molecule has 0 amide bonds. The van der Waals surface area contributed by atoms with Crippen LogP contribution in [0.25, 0.3) is 88.0 Å². The van der Waals surface area contributed by atoms with Gasteiger partial charge in [0.2, 0.25) is 0 Å². The zero-order valence-corrected chi connectivity index (χ0v) is 25.8. The molecule has 0 atom stereocenters. The maximum atomic E-state index is 8.69. The van der Waals surface area contributed by atoms with Crippen molar-refractivity contribution in [2.45, 2.75) is 0 Å². The first-order valence-electron chi connectivity index (χ1n) is 18.6. The van der Waals surface area contributed by atoms with Gasteiger partial charge in [0.05, 0.1) is 28.9 Å². The van der Waals surface area contributed by atoms with Crippen molar-refractivity contribution in [3.63, 3.8) is 0 Å². The molecule has 2 heterocycles. The van der Waals surface area contributed by atoms with Crippen LogP contribution in [0.5, 0.6) is 0 Å². The smallest absolute Gasteiger partial charge is 0.0645 e. The Morgan fingerprint density at radius 3 is 1.42 bits per heavy atom. The first-order valence-corrected chi connectivity index (χ1v) is 16.1. The van der Waals surface area contributed by atoms with Gasteiger partial charge in [-0.2, -0.15) is 0 Å². The monoisotopic (exact) mass is 615 g/mol. The molecule has 0 aliphatic rings. The van der Waals surface area contributed by atoms with Crippen LogP contribution in [0.15, 0.2) is 182 Å². The van der Waals surface area contributed by atoms with E-state index in [4.69, 9.17) is 6.85 Å². The van der Waals surface area contributed by atoms with Crippen molar-refractivity contribution in [3.8, 4) is 33.6 Å². The molecule has 0 saturated carbocycles. The minimum absolute atomic E-state index is 0.150. The Hall–Kier alpha value is -6.38. The molecule has 10 rings (SSSR count). The Kier molecular flexibility index (Phi) is 4.89. The summed E-state index contributed by atoms with van der Waals surface area (Å²) in [7, 11) is 0. The minimum atomic E-state index is -0.400. The number of hydrogen-bond donors (Lipinski definition) is 0. The highest BCUT2D eigenvalue weighted by atomic mass is 15.0. The van der Waals surface area contributed by atoms with Crippen LogP contribution in [-0.2, 0) is 0 Å². The molecule has 10 aromatic rings. The van der Waals surface area contributed by atoms with Crippen molar-refractivity contribution in [3.05, 3.63) is 182 Å². The van der Waals surface area contributed by atoms with Crippen LogP contribution in [0.1, 0.15) is 6.85 Å². The van der Waals surface area contributed by atoms with Crippen LogP contribution >= 0.6 is 0 Å². The first kappa shape index (κ1) is 22.2. The summed E-state index contributed by atoms with van der Waals surface area (Å²) in [5.74, 6) is 0. The average molecular weight is 616 g/mol. The number of para-hydroxylation sites is 3. The molecule has 0 fully saturated rings. The normalized spacial score (nSPS) is 13.2. The molecule has 2 heteroatoms. The topological polar surface area (TPSA) is 9.86 Å². The molecule has 2 nitrogen and oxygen atoms in total. The van der Waals surface area contributed by atoms with Gasteiger partial charge in [0.15, 0.2) is 0 Å². The highest BCUT2D eigenvalue weighted by molar-refractivity contribution is 6.12. The van der Waals surface area contributed by atoms with Crippen molar-refractivity contribution in [1.82, 2.24) is 9.13 Å². The van der Waals surface area contributed by atoms with E-state index in [0.717, 1.165) is 55.3 Å². The summed E-state index contributed by atoms with van der Waals surface area (Å²) in [6.07, 6.45) is 0. The van der Waals surface area contributed by atoms with Gasteiger partial charge in [0.25, 0.3) is 0 Å². The number of nitrogens with zero attached hydrogens (tertiary/aromatic N) is 2. The van der Waals surface area contributed by atoms with E-state index in [1.807, 2.05) is 36.4 Å². The van der Waals surface area contributed by atoms with Crippen molar-refractivity contribution in [1.29, 1.82) is 0 Å². The Morgan fingerprint density at radius 1 is 0.333 bits per heavy atom. The van der Waals surface area contributed by atoms with E-state index in [1.54, 1.807) is 4.57 Å². The molecule has 0 saturated heterocycles. The fourth-order valence-electron chi connectivity index (χ4n) is 7.35. The van der Waals surface area contributed by atoms with Gasteiger partial charge in [-0.15, -0.1) is 0 Å². The fourth-order valence-corrected chi connectivity index (χ4v) is 7.35. The van der Waals surface area contributed by atoms with E-state index in [0.29, 0.717) is 0 Å². The molecule has 8 aromatic carbocycles. The van der Waals surface area contributed by atoms with Gasteiger partial charge in [-0.3, -0.25) is 0 Å². The second kappa shape index (κ2) is 10.6. The maximum Gasteiger partial charge on any atom is 0.0645 e. The Balaban J connectivity index is 1.06. The molecule has 2 aromatic heterocycles. The van der Waals surface area contributed by atoms with Crippen LogP contribution in [0.3, 0.4) is 0 Å². The van der Waals surface area contributed by atoms with Gasteiger partial charge in [-0.05, 0) is 93.6 Å². The van der Waals surface area contributed by atoms with Gasteiger partial charge in [0, 0.05) is 32.9 Å². The maximum absolute atomic E-state index is 8.69. The SMILES string of the molecule is [2H]c1c([2H])c([2H])c(-n2c3ccccc3c3cc(-c4ccc(-c5ccc6c(c5)c5ccccc5n6-c5ccc6ccccc6c5)cc4)ccc32)c([2H])c1[2H]. The molecule has 48 heavy (non-hydrogen) atoms. The van der Waals surface area contributed by atoms with Gasteiger partial charge in [0.1, 0.15) is 0 Å². The number of rotatable bonds is 4. The summed E-state index contributed by atoms with van der Waals surface area (Å²) in [5.41, 5.74) is 9.54. The number of aromatic nitrogens is 2. The van der Waals surface area contributed by atoms with E-state index in [1.165, 1.54) is 27.1 Å². The van der Waals surface area contributed by atoms with Crippen molar-refractivity contribution in [2.75, 3.05) is 0 Å². The van der Waals surface area contributed by atoms with Crippen molar-refractivity contribution in [2.24, 2.45) is 0 Å². The summed E-state index contributed by atoms with van der Waals surface area (Å²) in [6, 6.07) is 51.5. The quantitative estimate of drug-likeness (QED) is 0.186. The van der Waals surface area contributed by atoms with E-state index in [2.05, 4.69) is 120 Å². The summed E-state index contributed by atoms with van der Waals surface area (Å²) in [4.78, 5) is 0. The molecule has 0 bridgehead atoms.